The second-order valence-corrected chi connectivity index (χ2v) is 4.39. The molecule has 0 amide bonds. The number of ether oxygens (including phenoxy) is 2. The van der Waals surface area contributed by atoms with Crippen molar-refractivity contribution in [3.8, 4) is 11.5 Å². The van der Waals surface area contributed by atoms with Crippen molar-refractivity contribution >= 4 is 28.8 Å². The quantitative estimate of drug-likeness (QED) is 0.642. The Balaban J connectivity index is 2.70. The number of esters is 2. The van der Waals surface area contributed by atoms with E-state index in [-0.39, 0.29) is 17.0 Å². The molecule has 0 spiro atoms. The number of rotatable bonds is 3. The molecule has 1 heterocycles. The van der Waals surface area contributed by atoms with E-state index in [2.05, 4.69) is 4.98 Å². The zero-order valence-corrected chi connectivity index (χ0v) is 11.6. The van der Waals surface area contributed by atoms with Gasteiger partial charge in [0.1, 0.15) is 5.56 Å². The number of benzene rings is 1. The van der Waals surface area contributed by atoms with E-state index < -0.39 is 29.0 Å². The van der Waals surface area contributed by atoms with Crippen molar-refractivity contribution in [1.29, 1.82) is 0 Å². The molecule has 2 aromatic rings. The summed E-state index contributed by atoms with van der Waals surface area (Å²) in [7, 11) is 0. The Labute approximate surface area is 123 Å². The summed E-state index contributed by atoms with van der Waals surface area (Å²) in [4.78, 5) is 47.2. The van der Waals surface area contributed by atoms with Gasteiger partial charge in [0.15, 0.2) is 11.5 Å². The molecule has 0 aliphatic rings. The van der Waals surface area contributed by atoms with Gasteiger partial charge in [0, 0.05) is 25.3 Å². The molecule has 8 nitrogen and oxygen atoms in total. The Hall–Kier alpha value is -3.16. The van der Waals surface area contributed by atoms with Crippen LogP contribution in [0.15, 0.2) is 23.0 Å². The highest BCUT2D eigenvalue weighted by atomic mass is 16.6. The van der Waals surface area contributed by atoms with Crippen LogP contribution in [-0.2, 0) is 9.59 Å². The van der Waals surface area contributed by atoms with E-state index in [4.69, 9.17) is 14.6 Å². The fourth-order valence-corrected chi connectivity index (χ4v) is 1.84. The molecule has 1 aromatic carbocycles. The minimum atomic E-state index is -1.39. The lowest BCUT2D eigenvalue weighted by Gasteiger charge is -2.10. The summed E-state index contributed by atoms with van der Waals surface area (Å²) in [6, 6.07) is 3.72. The predicted molar refractivity (Wildman–Crippen MR) is 74.1 cm³/mol. The molecule has 0 aliphatic carbocycles. The summed E-state index contributed by atoms with van der Waals surface area (Å²) in [6.07, 6.45) is 0. The first-order valence-electron chi connectivity index (χ1n) is 6.09. The van der Waals surface area contributed by atoms with Gasteiger partial charge in [-0.2, -0.15) is 0 Å². The van der Waals surface area contributed by atoms with Gasteiger partial charge in [-0.1, -0.05) is 0 Å². The van der Waals surface area contributed by atoms with E-state index in [0.717, 1.165) is 19.9 Å². The van der Waals surface area contributed by atoms with Crippen molar-refractivity contribution in [3.63, 3.8) is 0 Å². The molecule has 0 saturated carbocycles. The SMILES string of the molecule is CC(=O)Oc1cc2cc(C(=O)O)c(=O)[nH]c2cc1OC(C)=O. The van der Waals surface area contributed by atoms with Crippen LogP contribution in [0.25, 0.3) is 10.9 Å². The molecule has 8 heteroatoms. The third-order valence-corrected chi connectivity index (χ3v) is 2.65. The summed E-state index contributed by atoms with van der Waals surface area (Å²) in [5.74, 6) is -2.79. The molecular formula is C14H11NO7. The summed E-state index contributed by atoms with van der Waals surface area (Å²) in [6.45, 7) is 2.33. The van der Waals surface area contributed by atoms with Crippen molar-refractivity contribution in [1.82, 2.24) is 4.98 Å². The Morgan fingerprint density at radius 2 is 1.55 bits per heavy atom. The van der Waals surface area contributed by atoms with Crippen molar-refractivity contribution < 1.29 is 29.0 Å². The van der Waals surface area contributed by atoms with Crippen molar-refractivity contribution in [2.45, 2.75) is 13.8 Å². The number of nitrogens with one attached hydrogen (secondary N) is 1. The molecule has 0 aliphatic heterocycles. The lowest BCUT2D eigenvalue weighted by molar-refractivity contribution is -0.134. The normalized spacial score (nSPS) is 10.3. The molecule has 0 bridgehead atoms. The number of pyridine rings is 1. The molecule has 114 valence electrons. The number of carbonyl (C=O) groups is 3. The molecule has 0 fully saturated rings. The minimum absolute atomic E-state index is 0.0569. The number of hydrogen-bond acceptors (Lipinski definition) is 6. The highest BCUT2D eigenvalue weighted by Gasteiger charge is 2.15. The van der Waals surface area contributed by atoms with Gasteiger partial charge in [-0.3, -0.25) is 14.4 Å². The smallest absolute Gasteiger partial charge is 0.341 e. The largest absolute Gasteiger partial charge is 0.477 e. The van der Waals surface area contributed by atoms with Crippen LogP contribution < -0.4 is 15.0 Å². The highest BCUT2D eigenvalue weighted by molar-refractivity contribution is 5.93. The van der Waals surface area contributed by atoms with E-state index in [1.807, 2.05) is 0 Å². The van der Waals surface area contributed by atoms with Crippen LogP contribution in [0.1, 0.15) is 24.2 Å². The molecule has 22 heavy (non-hydrogen) atoms. The fraction of sp³-hybridized carbons (Fsp3) is 0.143. The van der Waals surface area contributed by atoms with Crippen molar-refractivity contribution in [2.75, 3.05) is 0 Å². The van der Waals surface area contributed by atoms with E-state index in [1.165, 1.54) is 12.1 Å². The number of carboxylic acids is 1. The van der Waals surface area contributed by atoms with Gasteiger partial charge in [-0.25, -0.2) is 4.79 Å². The second-order valence-electron chi connectivity index (χ2n) is 4.39. The second kappa shape index (κ2) is 5.68. The minimum Gasteiger partial charge on any atom is -0.477 e. The highest BCUT2D eigenvalue weighted by Crippen LogP contribution is 2.32. The Kier molecular flexibility index (Phi) is 3.93. The van der Waals surface area contributed by atoms with Crippen LogP contribution in [0.5, 0.6) is 11.5 Å². The average molecular weight is 305 g/mol. The van der Waals surface area contributed by atoms with Crippen LogP contribution >= 0.6 is 0 Å². The first-order chi connectivity index (χ1) is 10.3. The zero-order valence-electron chi connectivity index (χ0n) is 11.6. The first kappa shape index (κ1) is 15.2. The molecule has 2 N–H and O–H groups in total. The number of aromatic nitrogens is 1. The van der Waals surface area contributed by atoms with E-state index in [9.17, 15) is 19.2 Å². The van der Waals surface area contributed by atoms with Crippen LogP contribution in [0, 0.1) is 0 Å². The summed E-state index contributed by atoms with van der Waals surface area (Å²) in [5, 5.41) is 9.25. The van der Waals surface area contributed by atoms with Crippen LogP contribution in [0.2, 0.25) is 0 Å². The molecule has 1 aromatic heterocycles. The van der Waals surface area contributed by atoms with E-state index >= 15 is 0 Å². The Morgan fingerprint density at radius 1 is 1.00 bits per heavy atom. The monoisotopic (exact) mass is 305 g/mol. The van der Waals surface area contributed by atoms with Gasteiger partial charge in [-0.15, -0.1) is 0 Å². The number of carbonyl (C=O) groups excluding carboxylic acids is 2. The number of hydrogen-bond donors (Lipinski definition) is 2. The maximum Gasteiger partial charge on any atom is 0.341 e. The van der Waals surface area contributed by atoms with E-state index in [0.29, 0.717) is 5.39 Å². The Morgan fingerprint density at radius 3 is 2.05 bits per heavy atom. The fourth-order valence-electron chi connectivity index (χ4n) is 1.84. The van der Waals surface area contributed by atoms with Crippen molar-refractivity contribution in [3.05, 3.63) is 34.1 Å². The van der Waals surface area contributed by atoms with Gasteiger partial charge < -0.3 is 19.6 Å². The molecule has 0 saturated heterocycles. The number of aromatic carboxylic acids is 1. The molecule has 0 radical (unpaired) electrons. The first-order valence-corrected chi connectivity index (χ1v) is 6.09. The summed E-state index contributed by atoms with van der Waals surface area (Å²) < 4.78 is 9.85. The van der Waals surface area contributed by atoms with Crippen molar-refractivity contribution in [2.24, 2.45) is 0 Å². The summed E-state index contributed by atoms with van der Waals surface area (Å²) in [5.41, 5.74) is -1.02. The molecule has 0 atom stereocenters. The molecule has 0 unspecified atom stereocenters. The van der Waals surface area contributed by atoms with Gasteiger partial charge in [-0.05, 0) is 12.1 Å². The maximum absolute atomic E-state index is 11.6. The van der Waals surface area contributed by atoms with Gasteiger partial charge in [0.05, 0.1) is 5.52 Å². The molecular weight excluding hydrogens is 294 g/mol. The lowest BCUT2D eigenvalue weighted by Crippen LogP contribution is -2.17. The van der Waals surface area contributed by atoms with E-state index in [1.54, 1.807) is 0 Å². The van der Waals surface area contributed by atoms with Gasteiger partial charge >= 0.3 is 17.9 Å². The molecule has 2 rings (SSSR count). The topological polar surface area (TPSA) is 123 Å². The third-order valence-electron chi connectivity index (χ3n) is 2.65. The third kappa shape index (κ3) is 3.11. The number of H-pyrrole nitrogens is 1. The van der Waals surface area contributed by atoms with Gasteiger partial charge in [0.2, 0.25) is 0 Å². The number of fused-ring (bicyclic) bond motifs is 1. The van der Waals surface area contributed by atoms with Crippen LogP contribution in [-0.4, -0.2) is 28.0 Å². The van der Waals surface area contributed by atoms with Crippen LogP contribution in [0.4, 0.5) is 0 Å². The van der Waals surface area contributed by atoms with Crippen LogP contribution in [0.3, 0.4) is 0 Å². The number of carboxylic acid groups (broad SMARTS) is 1. The maximum atomic E-state index is 11.6. The number of aromatic amines is 1. The Bertz CT molecular complexity index is 850. The zero-order chi connectivity index (χ0) is 16.4. The average Bonchev–Trinajstić information content (AvgIpc) is 2.37. The summed E-state index contributed by atoms with van der Waals surface area (Å²) >= 11 is 0. The lowest BCUT2D eigenvalue weighted by atomic mass is 10.1. The standard InChI is InChI=1S/C14H11NO7/c1-6(16)21-11-4-8-3-9(14(19)20)13(18)15-10(8)5-12(11)22-7(2)17/h3-5H,1-2H3,(H,15,18)(H,19,20). The van der Waals surface area contributed by atoms with Gasteiger partial charge in [0.25, 0.3) is 5.56 Å². The predicted octanol–water partition coefficient (Wildman–Crippen LogP) is 1.08.